The van der Waals surface area contributed by atoms with Crippen LogP contribution in [0.15, 0.2) is 35.1 Å². The van der Waals surface area contributed by atoms with E-state index in [1.807, 2.05) is 24.2 Å². The number of guanidine groups is 1. The molecule has 1 amide bonds. The highest BCUT2D eigenvalue weighted by atomic mass is 16.2. The zero-order valence-corrected chi connectivity index (χ0v) is 14.1. The number of hydrogen-bond acceptors (Lipinski definition) is 2. The molecule has 0 radical (unpaired) electrons. The Morgan fingerprint density at radius 1 is 1.26 bits per heavy atom. The molecule has 2 heterocycles. The van der Waals surface area contributed by atoms with Crippen LogP contribution in [0.1, 0.15) is 24.5 Å². The average Bonchev–Trinajstić information content (AvgIpc) is 3.02. The number of aromatic amines is 1. The highest BCUT2D eigenvalue weighted by molar-refractivity contribution is 6.15. The molecule has 0 atom stereocenters. The van der Waals surface area contributed by atoms with Gasteiger partial charge in [0.05, 0.1) is 0 Å². The Morgan fingerprint density at radius 3 is 2.70 bits per heavy atom. The number of amides is 1. The Morgan fingerprint density at radius 2 is 2.04 bits per heavy atom. The number of carbonyl (C=O) groups is 1. The maximum Gasteiger partial charge on any atom is 0.277 e. The van der Waals surface area contributed by atoms with Crippen LogP contribution >= 0.6 is 0 Å². The van der Waals surface area contributed by atoms with Crippen LogP contribution in [0.3, 0.4) is 0 Å². The minimum atomic E-state index is -0.0370. The summed E-state index contributed by atoms with van der Waals surface area (Å²) in [7, 11) is 5.30. The van der Waals surface area contributed by atoms with Crippen LogP contribution in [0, 0.1) is 0 Å². The van der Waals surface area contributed by atoms with Crippen molar-refractivity contribution in [2.75, 3.05) is 21.1 Å². The number of likely N-dealkylation sites (N-methyl/N-ethyl adjacent to an activating group) is 2. The number of aliphatic imine (C=N–C) groups is 1. The first kappa shape index (κ1) is 15.3. The van der Waals surface area contributed by atoms with Crippen LogP contribution in [0.5, 0.6) is 0 Å². The number of nitrogens with zero attached hydrogens (tertiary/aromatic N) is 3. The van der Waals surface area contributed by atoms with Crippen molar-refractivity contribution in [1.29, 1.82) is 0 Å². The number of aryl methyl sites for hydroxylation is 1. The smallest absolute Gasteiger partial charge is 0.277 e. The zero-order valence-electron chi connectivity index (χ0n) is 14.1. The molecule has 0 bridgehead atoms. The van der Waals surface area contributed by atoms with Crippen molar-refractivity contribution in [3.05, 3.63) is 41.2 Å². The van der Waals surface area contributed by atoms with Crippen molar-refractivity contribution in [2.24, 2.45) is 4.99 Å². The van der Waals surface area contributed by atoms with E-state index >= 15 is 0 Å². The van der Waals surface area contributed by atoms with E-state index in [1.165, 1.54) is 5.56 Å². The Hall–Kier alpha value is -2.56. The first-order valence-electron chi connectivity index (χ1n) is 7.87. The summed E-state index contributed by atoms with van der Waals surface area (Å²) in [6.07, 6.45) is 6.09. The monoisotopic (exact) mass is 310 g/mol. The number of aromatic nitrogens is 1. The predicted molar refractivity (Wildman–Crippen MR) is 94.2 cm³/mol. The summed E-state index contributed by atoms with van der Waals surface area (Å²) in [6, 6.07) is 6.47. The van der Waals surface area contributed by atoms with E-state index in [4.69, 9.17) is 0 Å². The van der Waals surface area contributed by atoms with Crippen molar-refractivity contribution in [1.82, 2.24) is 14.8 Å². The second kappa shape index (κ2) is 5.91. The van der Waals surface area contributed by atoms with Crippen LogP contribution < -0.4 is 0 Å². The van der Waals surface area contributed by atoms with E-state index in [2.05, 4.69) is 35.1 Å². The summed E-state index contributed by atoms with van der Waals surface area (Å²) in [6.45, 7) is 2.18. The molecule has 2 aromatic rings. The van der Waals surface area contributed by atoms with Gasteiger partial charge in [-0.1, -0.05) is 25.5 Å². The Bertz CT molecular complexity index is 816. The van der Waals surface area contributed by atoms with Crippen LogP contribution in [0.2, 0.25) is 0 Å². The van der Waals surface area contributed by atoms with Gasteiger partial charge in [0.2, 0.25) is 5.96 Å². The lowest BCUT2D eigenvalue weighted by molar-refractivity contribution is -0.121. The van der Waals surface area contributed by atoms with Crippen molar-refractivity contribution < 1.29 is 4.79 Å². The number of carbonyl (C=O) groups excluding carboxylic acids is 1. The third-order valence-electron chi connectivity index (χ3n) is 4.29. The number of rotatable bonds is 3. The molecule has 0 saturated carbocycles. The SMILES string of the molecule is CCCc1ccc2c(/C=C3\C(=O)N(C)/C(=N\C)N3C)c[nH]c2c1. The fourth-order valence-corrected chi connectivity index (χ4v) is 3.10. The van der Waals surface area contributed by atoms with Crippen molar-refractivity contribution >= 4 is 28.8 Å². The van der Waals surface area contributed by atoms with Gasteiger partial charge in [0, 0.05) is 43.8 Å². The second-order valence-electron chi connectivity index (χ2n) is 5.85. The lowest BCUT2D eigenvalue weighted by Gasteiger charge is -2.12. The predicted octanol–water partition coefficient (Wildman–Crippen LogP) is 2.85. The summed E-state index contributed by atoms with van der Waals surface area (Å²) in [4.78, 5) is 23.3. The van der Waals surface area contributed by atoms with E-state index in [-0.39, 0.29) is 5.91 Å². The highest BCUT2D eigenvalue weighted by Crippen LogP contribution is 2.26. The van der Waals surface area contributed by atoms with Crippen molar-refractivity contribution in [3.63, 3.8) is 0 Å². The number of fused-ring (bicyclic) bond motifs is 1. The van der Waals surface area contributed by atoms with Gasteiger partial charge in [0.25, 0.3) is 5.91 Å². The van der Waals surface area contributed by atoms with Crippen LogP contribution in [0.25, 0.3) is 17.0 Å². The number of benzene rings is 1. The molecule has 0 spiro atoms. The Kier molecular flexibility index (Phi) is 3.94. The van der Waals surface area contributed by atoms with E-state index in [0.717, 1.165) is 29.3 Å². The van der Waals surface area contributed by atoms with Gasteiger partial charge in [0.1, 0.15) is 5.70 Å². The molecular weight excluding hydrogens is 288 g/mol. The lowest BCUT2D eigenvalue weighted by atomic mass is 10.1. The normalized spacial score (nSPS) is 18.9. The molecule has 1 aromatic heterocycles. The van der Waals surface area contributed by atoms with E-state index in [9.17, 15) is 4.79 Å². The van der Waals surface area contributed by atoms with E-state index in [0.29, 0.717) is 11.7 Å². The zero-order chi connectivity index (χ0) is 16.6. The molecule has 1 fully saturated rings. The summed E-state index contributed by atoms with van der Waals surface area (Å²) in [5.41, 5.74) is 4.08. The maximum atomic E-state index is 12.4. The summed E-state index contributed by atoms with van der Waals surface area (Å²) in [5, 5.41) is 1.13. The fourth-order valence-electron chi connectivity index (χ4n) is 3.10. The van der Waals surface area contributed by atoms with Gasteiger partial charge in [0.15, 0.2) is 0 Å². The average molecular weight is 310 g/mol. The molecule has 3 rings (SSSR count). The Labute approximate surface area is 136 Å². The second-order valence-corrected chi connectivity index (χ2v) is 5.85. The van der Waals surface area contributed by atoms with Gasteiger partial charge >= 0.3 is 0 Å². The van der Waals surface area contributed by atoms with Crippen LogP contribution in [-0.2, 0) is 11.2 Å². The van der Waals surface area contributed by atoms with Gasteiger partial charge in [-0.15, -0.1) is 0 Å². The number of nitrogens with one attached hydrogen (secondary N) is 1. The number of H-pyrrole nitrogens is 1. The third kappa shape index (κ3) is 2.52. The fraction of sp³-hybridized carbons (Fsp3) is 0.333. The van der Waals surface area contributed by atoms with Crippen LogP contribution in [0.4, 0.5) is 0 Å². The van der Waals surface area contributed by atoms with Crippen LogP contribution in [-0.4, -0.2) is 47.8 Å². The quantitative estimate of drug-likeness (QED) is 0.886. The third-order valence-corrected chi connectivity index (χ3v) is 4.29. The molecule has 1 aliphatic rings. The minimum Gasteiger partial charge on any atom is -0.361 e. The largest absolute Gasteiger partial charge is 0.361 e. The molecule has 120 valence electrons. The maximum absolute atomic E-state index is 12.4. The molecule has 0 aliphatic carbocycles. The van der Waals surface area contributed by atoms with Gasteiger partial charge in [-0.3, -0.25) is 14.7 Å². The minimum absolute atomic E-state index is 0.0370. The molecule has 1 aromatic carbocycles. The standard InChI is InChI=1S/C18H22N4O/c1-5-6-12-7-8-14-13(11-20-15(14)9-12)10-16-17(23)22(4)18(19-2)21(16)3/h7-11,20H,5-6H2,1-4H3/b16-10+,19-18-. The molecular formula is C18H22N4O. The highest BCUT2D eigenvalue weighted by Gasteiger charge is 2.33. The summed E-state index contributed by atoms with van der Waals surface area (Å²) in [5.74, 6) is 0.622. The number of hydrogen-bond donors (Lipinski definition) is 1. The van der Waals surface area contributed by atoms with Crippen molar-refractivity contribution in [2.45, 2.75) is 19.8 Å². The topological polar surface area (TPSA) is 51.7 Å². The van der Waals surface area contributed by atoms with Gasteiger partial charge < -0.3 is 9.88 Å². The van der Waals surface area contributed by atoms with E-state index < -0.39 is 0 Å². The van der Waals surface area contributed by atoms with Crippen molar-refractivity contribution in [3.8, 4) is 0 Å². The van der Waals surface area contributed by atoms with Gasteiger partial charge in [-0.05, 0) is 24.1 Å². The molecule has 1 saturated heterocycles. The molecule has 1 aliphatic heterocycles. The van der Waals surface area contributed by atoms with E-state index in [1.54, 1.807) is 19.0 Å². The lowest BCUT2D eigenvalue weighted by Crippen LogP contribution is -2.29. The Balaban J connectivity index is 2.03. The summed E-state index contributed by atoms with van der Waals surface area (Å²) < 4.78 is 0. The molecule has 23 heavy (non-hydrogen) atoms. The first-order valence-corrected chi connectivity index (χ1v) is 7.87. The molecule has 0 unspecified atom stereocenters. The molecule has 5 nitrogen and oxygen atoms in total. The molecule has 5 heteroatoms. The van der Waals surface area contributed by atoms with Gasteiger partial charge in [-0.2, -0.15) is 0 Å². The summed E-state index contributed by atoms with van der Waals surface area (Å²) >= 11 is 0. The first-order chi connectivity index (χ1) is 11.1. The molecule has 1 N–H and O–H groups in total. The van der Waals surface area contributed by atoms with Gasteiger partial charge in [-0.25, -0.2) is 0 Å².